The summed E-state index contributed by atoms with van der Waals surface area (Å²) in [6.45, 7) is 6.78. The third kappa shape index (κ3) is 3.10. The van der Waals surface area contributed by atoms with Gasteiger partial charge < -0.3 is 4.84 Å². The van der Waals surface area contributed by atoms with Crippen molar-refractivity contribution < 1.29 is 4.84 Å². The van der Waals surface area contributed by atoms with Crippen LogP contribution in [0.3, 0.4) is 0 Å². The van der Waals surface area contributed by atoms with Crippen molar-refractivity contribution in [2.45, 2.75) is 33.2 Å². The Kier molecular flexibility index (Phi) is 3.25. The summed E-state index contributed by atoms with van der Waals surface area (Å²) in [4.78, 5) is 5.80. The van der Waals surface area contributed by atoms with Gasteiger partial charge in [0.2, 0.25) is 0 Å². The van der Waals surface area contributed by atoms with Gasteiger partial charge >= 0.3 is 0 Å². The highest BCUT2D eigenvalue weighted by Crippen LogP contribution is 2.32. The topological polar surface area (TPSA) is 12.5 Å². The molecule has 0 N–H and O–H groups in total. The minimum absolute atomic E-state index is 0.310. The molecule has 0 spiro atoms. The van der Waals surface area contributed by atoms with Gasteiger partial charge in [0.1, 0.15) is 0 Å². The first-order valence-electron chi connectivity index (χ1n) is 6.14. The predicted octanol–water partition coefficient (Wildman–Crippen LogP) is 3.71. The molecule has 0 unspecified atom stereocenters. The van der Waals surface area contributed by atoms with E-state index in [1.54, 1.807) is 0 Å². The molecule has 0 saturated heterocycles. The smallest absolute Gasteiger partial charge is 0.152 e. The molecule has 1 aromatic carbocycles. The van der Waals surface area contributed by atoms with Crippen molar-refractivity contribution >= 4 is 5.76 Å². The van der Waals surface area contributed by atoms with Crippen LogP contribution < -0.4 is 0 Å². The Hall–Kier alpha value is -1.28. The highest BCUT2D eigenvalue weighted by atomic mass is 16.7. The van der Waals surface area contributed by atoms with E-state index in [0.29, 0.717) is 11.5 Å². The van der Waals surface area contributed by atoms with Gasteiger partial charge in [0.05, 0.1) is 6.04 Å². The lowest BCUT2D eigenvalue weighted by molar-refractivity contribution is -0.0732. The molecular weight excluding hydrogens is 210 g/mol. The number of likely N-dealkylation sites (N-methyl/N-ethyl adjacent to an activating group) is 1. The SMILES string of the molecule is CN1OC(c2ccccc2)=C[C@@H]1CC(C)(C)C. The molecule has 92 valence electrons. The lowest BCUT2D eigenvalue weighted by Crippen LogP contribution is -2.28. The largest absolute Gasteiger partial charge is 0.405 e. The zero-order valence-electron chi connectivity index (χ0n) is 11.1. The summed E-state index contributed by atoms with van der Waals surface area (Å²) >= 11 is 0. The van der Waals surface area contributed by atoms with Gasteiger partial charge in [-0.05, 0) is 17.9 Å². The number of hydrogen-bond acceptors (Lipinski definition) is 2. The molecule has 0 amide bonds. The minimum atomic E-state index is 0.310. The Morgan fingerprint density at radius 3 is 2.41 bits per heavy atom. The van der Waals surface area contributed by atoms with E-state index in [9.17, 15) is 0 Å². The van der Waals surface area contributed by atoms with Crippen molar-refractivity contribution in [1.82, 2.24) is 5.06 Å². The minimum Gasteiger partial charge on any atom is -0.405 e. The molecule has 0 aromatic heterocycles. The van der Waals surface area contributed by atoms with Gasteiger partial charge in [-0.15, -0.1) is 5.06 Å². The van der Waals surface area contributed by atoms with E-state index in [2.05, 4.69) is 39.0 Å². The number of benzene rings is 1. The Morgan fingerprint density at radius 2 is 1.82 bits per heavy atom. The predicted molar refractivity (Wildman–Crippen MR) is 71.1 cm³/mol. The van der Waals surface area contributed by atoms with Gasteiger partial charge in [-0.2, -0.15) is 0 Å². The third-order valence-corrected chi connectivity index (χ3v) is 2.93. The van der Waals surface area contributed by atoms with E-state index in [4.69, 9.17) is 4.84 Å². The van der Waals surface area contributed by atoms with Gasteiger partial charge in [-0.3, -0.25) is 0 Å². The molecule has 1 aromatic rings. The number of hydrogen-bond donors (Lipinski definition) is 0. The second-order valence-electron chi connectivity index (χ2n) is 5.87. The molecule has 1 atom stereocenters. The van der Waals surface area contributed by atoms with E-state index in [1.165, 1.54) is 0 Å². The number of nitrogens with zero attached hydrogens (tertiary/aromatic N) is 1. The maximum atomic E-state index is 5.80. The molecule has 0 fully saturated rings. The molecule has 0 radical (unpaired) electrons. The van der Waals surface area contributed by atoms with Gasteiger partial charge in [0.25, 0.3) is 0 Å². The van der Waals surface area contributed by atoms with Crippen LogP contribution in [0, 0.1) is 5.41 Å². The van der Waals surface area contributed by atoms with Gasteiger partial charge in [-0.1, -0.05) is 51.1 Å². The molecule has 1 aliphatic rings. The van der Waals surface area contributed by atoms with Crippen LogP contribution >= 0.6 is 0 Å². The second-order valence-corrected chi connectivity index (χ2v) is 5.87. The lowest BCUT2D eigenvalue weighted by atomic mass is 9.88. The first-order chi connectivity index (χ1) is 7.96. The van der Waals surface area contributed by atoms with E-state index < -0.39 is 0 Å². The standard InChI is InChI=1S/C15H21NO/c1-15(2,3)11-13-10-14(17-16(13)4)12-8-6-5-7-9-12/h5-10,13H,11H2,1-4H3/t13-/m1/s1. The maximum Gasteiger partial charge on any atom is 0.152 e. The molecule has 0 saturated carbocycles. The fourth-order valence-corrected chi connectivity index (χ4v) is 2.10. The third-order valence-electron chi connectivity index (χ3n) is 2.93. The Bertz CT molecular complexity index is 403. The van der Waals surface area contributed by atoms with Crippen LogP contribution in [0.2, 0.25) is 0 Å². The first kappa shape index (κ1) is 12.2. The van der Waals surface area contributed by atoms with Crippen LogP contribution in [-0.4, -0.2) is 18.2 Å². The summed E-state index contributed by atoms with van der Waals surface area (Å²) < 4.78 is 0. The average Bonchev–Trinajstić information content (AvgIpc) is 2.59. The molecule has 2 nitrogen and oxygen atoms in total. The fraction of sp³-hybridized carbons (Fsp3) is 0.467. The van der Waals surface area contributed by atoms with Crippen LogP contribution in [0.25, 0.3) is 5.76 Å². The van der Waals surface area contributed by atoms with Crippen molar-refractivity contribution in [1.29, 1.82) is 0 Å². The van der Waals surface area contributed by atoms with E-state index >= 15 is 0 Å². The molecule has 2 rings (SSSR count). The first-order valence-corrected chi connectivity index (χ1v) is 6.14. The van der Waals surface area contributed by atoms with Crippen LogP contribution in [0.1, 0.15) is 32.8 Å². The van der Waals surface area contributed by atoms with Crippen LogP contribution in [0.4, 0.5) is 0 Å². The number of hydroxylamine groups is 2. The molecule has 1 heterocycles. The molecular formula is C15H21NO. The lowest BCUT2D eigenvalue weighted by Gasteiger charge is -2.25. The van der Waals surface area contributed by atoms with E-state index in [1.807, 2.05) is 30.3 Å². The van der Waals surface area contributed by atoms with Gasteiger partial charge in [0.15, 0.2) is 5.76 Å². The average molecular weight is 231 g/mol. The quantitative estimate of drug-likeness (QED) is 0.769. The molecule has 1 aliphatic heterocycles. The van der Waals surface area contributed by atoms with Gasteiger partial charge in [-0.25, -0.2) is 0 Å². The summed E-state index contributed by atoms with van der Waals surface area (Å²) in [5.41, 5.74) is 1.46. The summed E-state index contributed by atoms with van der Waals surface area (Å²) in [5.74, 6) is 0.974. The molecule has 0 aliphatic carbocycles. The Labute approximate surface area is 104 Å². The van der Waals surface area contributed by atoms with Crippen molar-refractivity contribution in [3.63, 3.8) is 0 Å². The highest BCUT2D eigenvalue weighted by Gasteiger charge is 2.28. The summed E-state index contributed by atoms with van der Waals surface area (Å²) in [6.07, 6.45) is 3.32. The van der Waals surface area contributed by atoms with Crippen molar-refractivity contribution in [3.8, 4) is 0 Å². The van der Waals surface area contributed by atoms with Crippen LogP contribution in [0.5, 0.6) is 0 Å². The zero-order chi connectivity index (χ0) is 12.5. The van der Waals surface area contributed by atoms with Crippen molar-refractivity contribution in [2.75, 3.05) is 7.05 Å². The van der Waals surface area contributed by atoms with Crippen LogP contribution in [-0.2, 0) is 4.84 Å². The van der Waals surface area contributed by atoms with E-state index in [-0.39, 0.29) is 0 Å². The highest BCUT2D eigenvalue weighted by molar-refractivity contribution is 5.61. The Morgan fingerprint density at radius 1 is 1.18 bits per heavy atom. The monoisotopic (exact) mass is 231 g/mol. The Balaban J connectivity index is 2.15. The fourth-order valence-electron chi connectivity index (χ4n) is 2.10. The molecule has 17 heavy (non-hydrogen) atoms. The summed E-state index contributed by atoms with van der Waals surface area (Å²) in [5, 5.41) is 1.95. The van der Waals surface area contributed by atoms with E-state index in [0.717, 1.165) is 17.7 Å². The van der Waals surface area contributed by atoms with Crippen LogP contribution in [0.15, 0.2) is 36.4 Å². The van der Waals surface area contributed by atoms with Gasteiger partial charge in [0, 0.05) is 12.6 Å². The van der Waals surface area contributed by atoms with Crippen molar-refractivity contribution in [3.05, 3.63) is 42.0 Å². The molecule has 2 heteroatoms. The molecule has 0 bridgehead atoms. The zero-order valence-corrected chi connectivity index (χ0v) is 11.1. The summed E-state index contributed by atoms with van der Waals surface area (Å²) in [7, 11) is 2.00. The maximum absolute atomic E-state index is 5.80. The summed E-state index contributed by atoms with van der Waals surface area (Å²) in [6, 6.07) is 10.6. The van der Waals surface area contributed by atoms with Crippen molar-refractivity contribution in [2.24, 2.45) is 5.41 Å². The second kappa shape index (κ2) is 4.53. The number of rotatable bonds is 2. The normalized spacial score (nSPS) is 21.2.